The van der Waals surface area contributed by atoms with Gasteiger partial charge in [-0.2, -0.15) is 0 Å². The summed E-state index contributed by atoms with van der Waals surface area (Å²) in [5, 5.41) is 22.6. The van der Waals surface area contributed by atoms with Crippen molar-refractivity contribution in [3.05, 3.63) is 0 Å². The van der Waals surface area contributed by atoms with Gasteiger partial charge >= 0.3 is 5.97 Å². The van der Waals surface area contributed by atoms with E-state index in [1.54, 1.807) is 7.11 Å². The lowest BCUT2D eigenvalue weighted by Crippen LogP contribution is -2.46. The number of hydrogen-bond donors (Lipinski definition) is 3. The highest BCUT2D eigenvalue weighted by Crippen LogP contribution is 2.31. The Morgan fingerprint density at radius 2 is 2.05 bits per heavy atom. The fraction of sp³-hybridized carbons (Fsp3) is 0.929. The summed E-state index contributed by atoms with van der Waals surface area (Å²) in [6.45, 7) is 3.86. The van der Waals surface area contributed by atoms with Crippen molar-refractivity contribution in [2.24, 2.45) is 5.92 Å². The molecular formula is C14H28N2O4. The van der Waals surface area contributed by atoms with Crippen molar-refractivity contribution in [3.63, 3.8) is 0 Å². The number of likely N-dealkylation sites (N-methyl/N-ethyl adjacent to an activating group) is 1. The maximum atomic E-state index is 10.9. The van der Waals surface area contributed by atoms with Gasteiger partial charge in [-0.15, -0.1) is 0 Å². The zero-order chi connectivity index (χ0) is 15.0. The van der Waals surface area contributed by atoms with E-state index >= 15 is 0 Å². The molecule has 6 heteroatoms. The molecule has 0 aromatic carbocycles. The lowest BCUT2D eigenvalue weighted by molar-refractivity contribution is -0.144. The average molecular weight is 288 g/mol. The van der Waals surface area contributed by atoms with Crippen LogP contribution in [0.15, 0.2) is 0 Å². The Kier molecular flexibility index (Phi) is 7.43. The van der Waals surface area contributed by atoms with Crippen LogP contribution in [0, 0.1) is 5.92 Å². The second kappa shape index (κ2) is 8.56. The van der Waals surface area contributed by atoms with Crippen LogP contribution in [0.3, 0.4) is 0 Å². The summed E-state index contributed by atoms with van der Waals surface area (Å²) in [6.07, 6.45) is 2.27. The molecule has 6 nitrogen and oxygen atoms in total. The van der Waals surface area contributed by atoms with Crippen molar-refractivity contribution in [1.29, 1.82) is 0 Å². The SMILES string of the molecule is COCCN(C)CCNCC1(O)CCC(C(=O)O)CC1. The Bertz CT molecular complexity index is 291. The molecule has 1 aliphatic carbocycles. The molecule has 1 saturated carbocycles. The van der Waals surface area contributed by atoms with Gasteiger partial charge in [-0.1, -0.05) is 0 Å². The normalized spacial score (nSPS) is 26.9. The predicted octanol–water partition coefficient (Wildman–Crippen LogP) is 0.160. The minimum atomic E-state index is -0.739. The summed E-state index contributed by atoms with van der Waals surface area (Å²) in [7, 11) is 3.72. The molecule has 20 heavy (non-hydrogen) atoms. The molecule has 0 aromatic heterocycles. The van der Waals surface area contributed by atoms with Gasteiger partial charge in [0.1, 0.15) is 0 Å². The van der Waals surface area contributed by atoms with Gasteiger partial charge in [0.15, 0.2) is 0 Å². The van der Waals surface area contributed by atoms with E-state index in [9.17, 15) is 9.90 Å². The smallest absolute Gasteiger partial charge is 0.306 e. The Hall–Kier alpha value is -0.690. The van der Waals surface area contributed by atoms with Crippen LogP contribution in [0.5, 0.6) is 0 Å². The summed E-state index contributed by atoms with van der Waals surface area (Å²) in [5.41, 5.74) is -0.739. The highest BCUT2D eigenvalue weighted by atomic mass is 16.5. The molecule has 1 aliphatic rings. The van der Waals surface area contributed by atoms with Gasteiger partial charge < -0.3 is 25.2 Å². The quantitative estimate of drug-likeness (QED) is 0.524. The van der Waals surface area contributed by atoms with Crippen molar-refractivity contribution < 1.29 is 19.7 Å². The molecular weight excluding hydrogens is 260 g/mol. The van der Waals surface area contributed by atoms with Gasteiger partial charge in [0, 0.05) is 33.3 Å². The predicted molar refractivity (Wildman–Crippen MR) is 76.8 cm³/mol. The average Bonchev–Trinajstić information content (AvgIpc) is 2.42. The number of aliphatic hydroxyl groups is 1. The number of nitrogens with one attached hydrogen (secondary N) is 1. The minimum absolute atomic E-state index is 0.282. The summed E-state index contributed by atoms with van der Waals surface area (Å²) in [5.74, 6) is -1.02. The molecule has 0 aliphatic heterocycles. The van der Waals surface area contributed by atoms with Crippen molar-refractivity contribution in [2.75, 3.05) is 46.9 Å². The fourth-order valence-electron chi connectivity index (χ4n) is 2.53. The van der Waals surface area contributed by atoms with Crippen LogP contribution in [0.2, 0.25) is 0 Å². The van der Waals surface area contributed by atoms with Crippen molar-refractivity contribution in [1.82, 2.24) is 10.2 Å². The number of carboxylic acid groups (broad SMARTS) is 1. The summed E-state index contributed by atoms with van der Waals surface area (Å²) in [4.78, 5) is 13.0. The van der Waals surface area contributed by atoms with E-state index in [2.05, 4.69) is 10.2 Å². The highest BCUT2D eigenvalue weighted by Gasteiger charge is 2.35. The molecule has 0 heterocycles. The van der Waals surface area contributed by atoms with Crippen LogP contribution in [-0.2, 0) is 9.53 Å². The molecule has 1 rings (SSSR count). The zero-order valence-corrected chi connectivity index (χ0v) is 12.6. The Balaban J connectivity index is 2.14. The van der Waals surface area contributed by atoms with E-state index in [0.717, 1.165) is 26.2 Å². The van der Waals surface area contributed by atoms with Crippen molar-refractivity contribution in [3.8, 4) is 0 Å². The highest BCUT2D eigenvalue weighted by molar-refractivity contribution is 5.70. The number of ether oxygens (including phenoxy) is 1. The van der Waals surface area contributed by atoms with Crippen LogP contribution in [0.25, 0.3) is 0 Å². The van der Waals surface area contributed by atoms with Crippen LogP contribution >= 0.6 is 0 Å². The second-order valence-electron chi connectivity index (χ2n) is 5.81. The first-order valence-corrected chi connectivity index (χ1v) is 7.30. The van der Waals surface area contributed by atoms with E-state index in [1.807, 2.05) is 7.05 Å². The standard InChI is InChI=1S/C14H28N2O4/c1-16(9-10-20-2)8-7-15-11-14(19)5-3-12(4-6-14)13(17)18/h12,15,19H,3-11H2,1-2H3,(H,17,18). The molecule has 3 N–H and O–H groups in total. The van der Waals surface area contributed by atoms with Crippen LogP contribution in [0.1, 0.15) is 25.7 Å². The Labute approximate surface area is 121 Å². The molecule has 0 aromatic rings. The number of carboxylic acids is 1. The molecule has 0 saturated heterocycles. The Morgan fingerprint density at radius 1 is 1.40 bits per heavy atom. The molecule has 0 radical (unpaired) electrons. The third-order valence-electron chi connectivity index (χ3n) is 4.07. The summed E-state index contributed by atoms with van der Waals surface area (Å²) < 4.78 is 5.01. The maximum Gasteiger partial charge on any atom is 0.306 e. The molecule has 1 fully saturated rings. The van der Waals surface area contributed by atoms with Gasteiger partial charge in [0.25, 0.3) is 0 Å². The van der Waals surface area contributed by atoms with Crippen LogP contribution in [-0.4, -0.2) is 73.6 Å². The van der Waals surface area contributed by atoms with E-state index < -0.39 is 11.6 Å². The van der Waals surface area contributed by atoms with Gasteiger partial charge in [0.05, 0.1) is 18.1 Å². The minimum Gasteiger partial charge on any atom is -0.481 e. The first-order valence-electron chi connectivity index (χ1n) is 7.30. The topological polar surface area (TPSA) is 82.0 Å². The van der Waals surface area contributed by atoms with Gasteiger partial charge in [0.2, 0.25) is 0 Å². The van der Waals surface area contributed by atoms with Gasteiger partial charge in [-0.05, 0) is 32.7 Å². The lowest BCUT2D eigenvalue weighted by Gasteiger charge is -2.35. The third-order valence-corrected chi connectivity index (χ3v) is 4.07. The number of carbonyl (C=O) groups is 1. The van der Waals surface area contributed by atoms with Gasteiger partial charge in [-0.3, -0.25) is 4.79 Å². The van der Waals surface area contributed by atoms with Crippen molar-refractivity contribution >= 4 is 5.97 Å². The monoisotopic (exact) mass is 288 g/mol. The molecule has 0 unspecified atom stereocenters. The largest absolute Gasteiger partial charge is 0.481 e. The zero-order valence-electron chi connectivity index (χ0n) is 12.6. The number of hydrogen-bond acceptors (Lipinski definition) is 5. The number of aliphatic carboxylic acids is 1. The van der Waals surface area contributed by atoms with E-state index in [4.69, 9.17) is 9.84 Å². The van der Waals surface area contributed by atoms with Crippen LogP contribution < -0.4 is 5.32 Å². The van der Waals surface area contributed by atoms with E-state index in [1.165, 1.54) is 0 Å². The van der Waals surface area contributed by atoms with E-state index in [0.29, 0.717) is 32.2 Å². The Morgan fingerprint density at radius 3 is 2.60 bits per heavy atom. The van der Waals surface area contributed by atoms with E-state index in [-0.39, 0.29) is 5.92 Å². The van der Waals surface area contributed by atoms with Gasteiger partial charge in [-0.25, -0.2) is 0 Å². The first-order chi connectivity index (χ1) is 9.47. The number of rotatable bonds is 9. The van der Waals surface area contributed by atoms with Crippen molar-refractivity contribution in [2.45, 2.75) is 31.3 Å². The molecule has 0 spiro atoms. The first kappa shape index (κ1) is 17.4. The number of methoxy groups -OCH3 is 1. The third kappa shape index (κ3) is 6.17. The summed E-state index contributed by atoms with van der Waals surface area (Å²) >= 11 is 0. The summed E-state index contributed by atoms with van der Waals surface area (Å²) in [6, 6.07) is 0. The lowest BCUT2D eigenvalue weighted by atomic mass is 9.79. The molecule has 0 amide bonds. The number of nitrogens with zero attached hydrogens (tertiary/aromatic N) is 1. The molecule has 118 valence electrons. The fourth-order valence-corrected chi connectivity index (χ4v) is 2.53. The van der Waals surface area contributed by atoms with Crippen LogP contribution in [0.4, 0.5) is 0 Å². The second-order valence-corrected chi connectivity index (χ2v) is 5.81. The molecule has 0 bridgehead atoms. The maximum absolute atomic E-state index is 10.9. The molecule has 0 atom stereocenters.